The maximum Gasteiger partial charge on any atom is 0.257 e. The zero-order valence-electron chi connectivity index (χ0n) is 13.3. The standard InChI is InChI=1S/C18H19Cl2N3O/c19-14-6-7-16(15(20)11-14)22-18(24)13-5-8-17(21-12-13)23-9-3-1-2-4-10-23/h5-8,11-12H,1-4,9-10H2,(H,22,24). The van der Waals surface area contributed by atoms with Crippen molar-refractivity contribution in [1.29, 1.82) is 0 Å². The average molecular weight is 364 g/mol. The minimum absolute atomic E-state index is 0.242. The van der Waals surface area contributed by atoms with Crippen LogP contribution < -0.4 is 10.2 Å². The van der Waals surface area contributed by atoms with E-state index in [1.165, 1.54) is 25.7 Å². The predicted molar refractivity (Wildman–Crippen MR) is 99.3 cm³/mol. The molecule has 0 radical (unpaired) electrons. The van der Waals surface area contributed by atoms with Gasteiger partial charge in [-0.1, -0.05) is 36.0 Å². The molecular formula is C18H19Cl2N3O. The fourth-order valence-electron chi connectivity index (χ4n) is 2.79. The smallest absolute Gasteiger partial charge is 0.257 e. The number of halogens is 2. The highest BCUT2D eigenvalue weighted by molar-refractivity contribution is 6.36. The Hall–Kier alpha value is -1.78. The van der Waals surface area contributed by atoms with E-state index in [2.05, 4.69) is 15.2 Å². The number of rotatable bonds is 3. The molecular weight excluding hydrogens is 345 g/mol. The van der Waals surface area contributed by atoms with Crippen LogP contribution in [0.5, 0.6) is 0 Å². The van der Waals surface area contributed by atoms with Crippen LogP contribution in [-0.4, -0.2) is 24.0 Å². The summed E-state index contributed by atoms with van der Waals surface area (Å²) in [7, 11) is 0. The van der Waals surface area contributed by atoms with Crippen LogP contribution in [0.25, 0.3) is 0 Å². The van der Waals surface area contributed by atoms with Gasteiger partial charge in [-0.3, -0.25) is 4.79 Å². The number of hydrogen-bond acceptors (Lipinski definition) is 3. The molecule has 3 rings (SSSR count). The molecule has 0 saturated carbocycles. The number of hydrogen-bond donors (Lipinski definition) is 1. The van der Waals surface area contributed by atoms with Gasteiger partial charge >= 0.3 is 0 Å². The van der Waals surface area contributed by atoms with E-state index in [1.54, 1.807) is 30.5 Å². The fourth-order valence-corrected chi connectivity index (χ4v) is 3.25. The summed E-state index contributed by atoms with van der Waals surface area (Å²) in [6, 6.07) is 8.67. The van der Waals surface area contributed by atoms with Crippen molar-refractivity contribution >= 4 is 40.6 Å². The quantitative estimate of drug-likeness (QED) is 0.832. The van der Waals surface area contributed by atoms with E-state index in [-0.39, 0.29) is 5.91 Å². The highest BCUT2D eigenvalue weighted by atomic mass is 35.5. The third-order valence-electron chi connectivity index (χ3n) is 4.12. The molecule has 0 spiro atoms. The second kappa shape index (κ2) is 7.86. The summed E-state index contributed by atoms with van der Waals surface area (Å²) in [6.07, 6.45) is 6.55. The van der Waals surface area contributed by atoms with Crippen molar-refractivity contribution in [2.75, 3.05) is 23.3 Å². The van der Waals surface area contributed by atoms with Crippen molar-refractivity contribution in [2.24, 2.45) is 0 Å². The first kappa shape index (κ1) is 17.1. The molecule has 1 N–H and O–H groups in total. The maximum absolute atomic E-state index is 12.3. The minimum Gasteiger partial charge on any atom is -0.357 e. The molecule has 1 aliphatic rings. The summed E-state index contributed by atoms with van der Waals surface area (Å²) in [5.41, 5.74) is 1.03. The zero-order valence-corrected chi connectivity index (χ0v) is 14.8. The van der Waals surface area contributed by atoms with Gasteiger partial charge in [-0.15, -0.1) is 0 Å². The van der Waals surface area contributed by atoms with E-state index >= 15 is 0 Å². The number of carbonyl (C=O) groups excluding carboxylic acids is 1. The summed E-state index contributed by atoms with van der Waals surface area (Å²) in [6.45, 7) is 2.05. The van der Waals surface area contributed by atoms with Gasteiger partial charge in [0.25, 0.3) is 5.91 Å². The van der Waals surface area contributed by atoms with Gasteiger partial charge in [-0.2, -0.15) is 0 Å². The molecule has 1 aliphatic heterocycles. The van der Waals surface area contributed by atoms with Gasteiger partial charge in [-0.05, 0) is 43.2 Å². The van der Waals surface area contributed by atoms with E-state index in [9.17, 15) is 4.79 Å². The van der Waals surface area contributed by atoms with E-state index < -0.39 is 0 Å². The molecule has 1 fully saturated rings. The molecule has 0 bridgehead atoms. The molecule has 1 aromatic heterocycles. The number of pyridine rings is 1. The Bertz CT molecular complexity index is 711. The van der Waals surface area contributed by atoms with Crippen molar-refractivity contribution in [2.45, 2.75) is 25.7 Å². The van der Waals surface area contributed by atoms with Gasteiger partial charge < -0.3 is 10.2 Å². The molecule has 4 nitrogen and oxygen atoms in total. The van der Waals surface area contributed by atoms with Gasteiger partial charge in [-0.25, -0.2) is 4.98 Å². The molecule has 1 amide bonds. The minimum atomic E-state index is -0.242. The Morgan fingerprint density at radius 1 is 1.04 bits per heavy atom. The molecule has 0 unspecified atom stereocenters. The Labute approximate surface area is 151 Å². The van der Waals surface area contributed by atoms with Crippen LogP contribution in [0.4, 0.5) is 11.5 Å². The summed E-state index contributed by atoms with van der Waals surface area (Å²) < 4.78 is 0. The van der Waals surface area contributed by atoms with Crippen molar-refractivity contribution in [1.82, 2.24) is 4.98 Å². The highest BCUT2D eigenvalue weighted by Crippen LogP contribution is 2.26. The summed E-state index contributed by atoms with van der Waals surface area (Å²) >= 11 is 11.9. The molecule has 6 heteroatoms. The second-order valence-electron chi connectivity index (χ2n) is 5.88. The Morgan fingerprint density at radius 3 is 2.42 bits per heavy atom. The second-order valence-corrected chi connectivity index (χ2v) is 6.73. The van der Waals surface area contributed by atoms with E-state index in [4.69, 9.17) is 23.2 Å². The first-order valence-electron chi connectivity index (χ1n) is 8.11. The molecule has 0 atom stereocenters. The van der Waals surface area contributed by atoms with Gasteiger partial charge in [0.05, 0.1) is 16.3 Å². The molecule has 1 saturated heterocycles. The lowest BCUT2D eigenvalue weighted by Crippen LogP contribution is -2.25. The van der Waals surface area contributed by atoms with Crippen LogP contribution >= 0.6 is 23.2 Å². The topological polar surface area (TPSA) is 45.2 Å². The molecule has 24 heavy (non-hydrogen) atoms. The summed E-state index contributed by atoms with van der Waals surface area (Å²) in [5.74, 6) is 0.687. The molecule has 0 aliphatic carbocycles. The number of aromatic nitrogens is 1. The van der Waals surface area contributed by atoms with E-state index in [0.29, 0.717) is 21.3 Å². The van der Waals surface area contributed by atoms with Crippen molar-refractivity contribution in [3.05, 3.63) is 52.1 Å². The lowest BCUT2D eigenvalue weighted by Gasteiger charge is -2.21. The number of nitrogens with one attached hydrogen (secondary N) is 1. The van der Waals surface area contributed by atoms with Crippen molar-refractivity contribution < 1.29 is 4.79 Å². The third kappa shape index (κ3) is 4.19. The van der Waals surface area contributed by atoms with E-state index in [1.807, 2.05) is 6.07 Å². The fraction of sp³-hybridized carbons (Fsp3) is 0.333. The van der Waals surface area contributed by atoms with Gasteiger partial charge in [0.2, 0.25) is 0 Å². The van der Waals surface area contributed by atoms with Gasteiger partial charge in [0, 0.05) is 24.3 Å². The average Bonchev–Trinajstić information content (AvgIpc) is 2.87. The summed E-state index contributed by atoms with van der Waals surface area (Å²) in [5, 5.41) is 3.72. The maximum atomic E-state index is 12.3. The van der Waals surface area contributed by atoms with Crippen LogP contribution in [0.15, 0.2) is 36.5 Å². The molecule has 2 aromatic rings. The van der Waals surface area contributed by atoms with Crippen LogP contribution in [0, 0.1) is 0 Å². The molecule has 2 heterocycles. The number of amides is 1. The Kier molecular flexibility index (Phi) is 5.59. The SMILES string of the molecule is O=C(Nc1ccc(Cl)cc1Cl)c1ccc(N2CCCCCC2)nc1. The lowest BCUT2D eigenvalue weighted by molar-refractivity contribution is 0.102. The Balaban J connectivity index is 1.69. The number of anilines is 2. The normalized spacial score (nSPS) is 15.0. The van der Waals surface area contributed by atoms with Crippen molar-refractivity contribution in [3.63, 3.8) is 0 Å². The number of nitrogens with zero attached hydrogens (tertiary/aromatic N) is 2. The van der Waals surface area contributed by atoms with Gasteiger partial charge in [0.1, 0.15) is 5.82 Å². The van der Waals surface area contributed by atoms with Crippen LogP contribution in [0.1, 0.15) is 36.0 Å². The van der Waals surface area contributed by atoms with Crippen LogP contribution in [0.2, 0.25) is 10.0 Å². The zero-order chi connectivity index (χ0) is 16.9. The first-order valence-corrected chi connectivity index (χ1v) is 8.86. The molecule has 126 valence electrons. The largest absolute Gasteiger partial charge is 0.357 e. The number of benzene rings is 1. The predicted octanol–water partition coefficient (Wildman–Crippen LogP) is 5.02. The van der Waals surface area contributed by atoms with Crippen molar-refractivity contribution in [3.8, 4) is 0 Å². The monoisotopic (exact) mass is 363 g/mol. The molecule has 1 aromatic carbocycles. The first-order chi connectivity index (χ1) is 11.6. The number of carbonyl (C=O) groups is 1. The third-order valence-corrected chi connectivity index (χ3v) is 4.67. The lowest BCUT2D eigenvalue weighted by atomic mass is 10.2. The van der Waals surface area contributed by atoms with E-state index in [0.717, 1.165) is 18.9 Å². The van der Waals surface area contributed by atoms with Gasteiger partial charge in [0.15, 0.2) is 0 Å². The Morgan fingerprint density at radius 2 is 1.79 bits per heavy atom. The highest BCUT2D eigenvalue weighted by Gasteiger charge is 2.13. The van der Waals surface area contributed by atoms with Crippen LogP contribution in [0.3, 0.4) is 0 Å². The summed E-state index contributed by atoms with van der Waals surface area (Å²) in [4.78, 5) is 19.1. The van der Waals surface area contributed by atoms with Crippen LogP contribution in [-0.2, 0) is 0 Å².